The van der Waals surface area contributed by atoms with Gasteiger partial charge in [-0.3, -0.25) is 19.2 Å². The van der Waals surface area contributed by atoms with Crippen LogP contribution in [0.25, 0.3) is 0 Å². The van der Waals surface area contributed by atoms with Crippen molar-refractivity contribution < 1.29 is 38.2 Å². The van der Waals surface area contributed by atoms with Gasteiger partial charge in [0.2, 0.25) is 11.8 Å². The van der Waals surface area contributed by atoms with E-state index in [1.165, 1.54) is 24.3 Å². The van der Waals surface area contributed by atoms with Crippen LogP contribution in [0.2, 0.25) is 0 Å². The Balaban J connectivity index is 1.55. The fourth-order valence-corrected chi connectivity index (χ4v) is 7.68. The lowest BCUT2D eigenvalue weighted by molar-refractivity contribution is -0.138. The average Bonchev–Trinajstić information content (AvgIpc) is 3.27. The largest absolute Gasteiger partial charge is 0.508 e. The van der Waals surface area contributed by atoms with Crippen LogP contribution in [0.3, 0.4) is 0 Å². The Labute approximate surface area is 237 Å². The Morgan fingerprint density at radius 3 is 2.38 bits per heavy atom. The second-order valence-corrected chi connectivity index (χ2v) is 11.6. The molecule has 6 atom stereocenters. The number of anilines is 1. The van der Waals surface area contributed by atoms with Crippen molar-refractivity contribution in [3.8, 4) is 5.75 Å². The minimum Gasteiger partial charge on any atom is -0.508 e. The summed E-state index contributed by atoms with van der Waals surface area (Å²) in [6.07, 6.45) is 0.353. The number of aromatic hydroxyl groups is 1. The van der Waals surface area contributed by atoms with Gasteiger partial charge in [-0.25, -0.2) is 14.1 Å². The number of phenolic OH excluding ortho intramolecular Hbond substituents is 1. The zero-order chi connectivity index (χ0) is 28.7. The van der Waals surface area contributed by atoms with E-state index in [0.29, 0.717) is 16.0 Å². The van der Waals surface area contributed by atoms with E-state index < -0.39 is 69.0 Å². The van der Waals surface area contributed by atoms with Gasteiger partial charge in [0.1, 0.15) is 11.6 Å². The molecule has 6 rings (SSSR count). The van der Waals surface area contributed by atoms with Gasteiger partial charge in [0.15, 0.2) is 9.75 Å². The zero-order valence-corrected chi connectivity index (χ0v) is 22.4. The van der Waals surface area contributed by atoms with Crippen LogP contribution in [0.1, 0.15) is 24.3 Å². The van der Waals surface area contributed by atoms with E-state index in [4.69, 9.17) is 23.2 Å². The van der Waals surface area contributed by atoms with Crippen molar-refractivity contribution in [1.82, 2.24) is 4.90 Å². The Morgan fingerprint density at radius 1 is 1.02 bits per heavy atom. The summed E-state index contributed by atoms with van der Waals surface area (Å²) in [5.74, 6) is -7.87. The zero-order valence-electron chi connectivity index (χ0n) is 20.8. The third kappa shape index (κ3) is 3.29. The predicted octanol–water partition coefficient (Wildman–Crippen LogP) is 3.86. The third-order valence-electron chi connectivity index (χ3n) is 8.46. The Bertz CT molecular complexity index is 1550. The molecular formula is C28H21Cl2FN2O7. The van der Waals surface area contributed by atoms with E-state index in [2.05, 4.69) is 4.74 Å². The molecule has 0 spiro atoms. The van der Waals surface area contributed by atoms with Crippen molar-refractivity contribution in [2.24, 2.45) is 17.8 Å². The van der Waals surface area contributed by atoms with Crippen LogP contribution in [0, 0.1) is 23.6 Å². The first-order valence-electron chi connectivity index (χ1n) is 12.4. The number of alkyl halides is 2. The molecular weight excluding hydrogens is 566 g/mol. The lowest BCUT2D eigenvalue weighted by Crippen LogP contribution is -2.60. The van der Waals surface area contributed by atoms with Gasteiger partial charge in [-0.1, -0.05) is 23.8 Å². The second-order valence-electron chi connectivity index (χ2n) is 10.3. The maximum atomic E-state index is 14.1. The predicted molar refractivity (Wildman–Crippen MR) is 139 cm³/mol. The molecule has 3 fully saturated rings. The molecule has 12 heteroatoms. The number of carbonyl (C=O) groups is 5. The summed E-state index contributed by atoms with van der Waals surface area (Å²) < 4.78 is 18.3. The van der Waals surface area contributed by atoms with Crippen LogP contribution in [0.4, 0.5) is 14.9 Å². The Kier molecular flexibility index (Phi) is 5.87. The third-order valence-corrected chi connectivity index (χ3v) is 9.87. The number of fused-ring (bicyclic) bond motifs is 4. The maximum Gasteiger partial charge on any atom is 0.423 e. The van der Waals surface area contributed by atoms with Crippen LogP contribution in [-0.2, 0) is 23.9 Å². The first-order valence-corrected chi connectivity index (χ1v) is 13.2. The molecule has 2 heterocycles. The molecule has 1 N–H and O–H groups in total. The summed E-state index contributed by atoms with van der Waals surface area (Å²) in [5, 5.41) is 10.3. The Morgan fingerprint density at radius 2 is 1.73 bits per heavy atom. The van der Waals surface area contributed by atoms with E-state index in [9.17, 15) is 33.5 Å². The van der Waals surface area contributed by atoms with Gasteiger partial charge in [-0.2, -0.15) is 4.90 Å². The number of likely N-dealkylation sites (tertiary alicyclic amines) is 1. The molecule has 0 radical (unpaired) electrons. The number of phenols is 1. The van der Waals surface area contributed by atoms with Crippen LogP contribution in [0.15, 0.2) is 60.2 Å². The van der Waals surface area contributed by atoms with Crippen molar-refractivity contribution in [2.75, 3.05) is 12.0 Å². The Hall–Kier alpha value is -3.76. The fourth-order valence-electron chi connectivity index (χ4n) is 6.75. The quantitative estimate of drug-likeness (QED) is 0.322. The number of ether oxygens (including phenoxy) is 1. The van der Waals surface area contributed by atoms with E-state index in [-0.39, 0.29) is 24.3 Å². The average molecular weight is 587 g/mol. The number of hydrogen-bond donors (Lipinski definition) is 1. The number of rotatable bonds is 2. The molecule has 0 aromatic heterocycles. The highest BCUT2D eigenvalue weighted by Crippen LogP contribution is 2.65. The summed E-state index contributed by atoms with van der Waals surface area (Å²) in [6, 6.07) is 10.6. The number of benzene rings is 2. The van der Waals surface area contributed by atoms with E-state index in [0.717, 1.165) is 24.1 Å². The van der Waals surface area contributed by atoms with Crippen molar-refractivity contribution in [3.05, 3.63) is 71.6 Å². The maximum absolute atomic E-state index is 14.1. The summed E-state index contributed by atoms with van der Waals surface area (Å²) in [6.45, 7) is 0. The molecule has 0 unspecified atom stereocenters. The van der Waals surface area contributed by atoms with Crippen LogP contribution < -0.4 is 4.90 Å². The van der Waals surface area contributed by atoms with Gasteiger partial charge in [-0.15, -0.1) is 23.2 Å². The van der Waals surface area contributed by atoms with E-state index >= 15 is 0 Å². The SMILES string of the molecule is COC(=O)N1C(=O)[C@H]2[C@H](CC=C3[C@H]2C[C@@]2(Cl)C(=O)N(c4ccc(F)cc4)C(=O)[C@@]2(Cl)[C@H]3c2cccc(O)c2)C1=O. The van der Waals surface area contributed by atoms with Crippen molar-refractivity contribution >= 4 is 58.6 Å². The standard InChI is InChI=1S/C28H21Cl2FN2O7/c1-40-26(39)33-22(35)18-10-9-17-19(20(18)23(33)36)12-27(29)24(37)32(15-7-5-14(31)6-8-15)25(38)28(27,30)21(17)13-3-2-4-16(34)11-13/h2-9,11,18-21,34H,10,12H2,1H3/t18-,19+,20-,21-,27+,28-/m0/s1. The molecule has 2 aromatic rings. The van der Waals surface area contributed by atoms with Gasteiger partial charge in [0.25, 0.3) is 11.8 Å². The number of hydrogen-bond acceptors (Lipinski definition) is 7. The monoisotopic (exact) mass is 586 g/mol. The van der Waals surface area contributed by atoms with Gasteiger partial charge < -0.3 is 9.84 Å². The highest BCUT2D eigenvalue weighted by molar-refractivity contribution is 6.58. The van der Waals surface area contributed by atoms with Crippen LogP contribution >= 0.6 is 23.2 Å². The van der Waals surface area contributed by atoms with Gasteiger partial charge >= 0.3 is 6.09 Å². The number of allylic oxidation sites excluding steroid dienone is 2. The summed E-state index contributed by atoms with van der Waals surface area (Å²) in [5.41, 5.74) is 0.908. The summed E-state index contributed by atoms with van der Waals surface area (Å²) in [4.78, 5) is 64.1. The van der Waals surface area contributed by atoms with Crippen molar-refractivity contribution in [1.29, 1.82) is 0 Å². The molecule has 5 amide bonds. The number of methoxy groups -OCH3 is 1. The molecule has 2 aliphatic carbocycles. The molecule has 2 aliphatic heterocycles. The van der Waals surface area contributed by atoms with Gasteiger partial charge in [0.05, 0.1) is 24.6 Å². The minimum absolute atomic E-state index is 0.0549. The molecule has 2 saturated heterocycles. The highest BCUT2D eigenvalue weighted by Gasteiger charge is 2.76. The van der Waals surface area contributed by atoms with E-state index in [1.54, 1.807) is 18.2 Å². The molecule has 9 nitrogen and oxygen atoms in total. The molecule has 4 aliphatic rings. The molecule has 0 bridgehead atoms. The van der Waals surface area contributed by atoms with Crippen molar-refractivity contribution in [2.45, 2.75) is 28.5 Å². The normalized spacial score (nSPS) is 33.0. The smallest absolute Gasteiger partial charge is 0.423 e. The topological polar surface area (TPSA) is 121 Å². The molecule has 1 saturated carbocycles. The number of carbonyl (C=O) groups excluding carboxylic acids is 5. The molecule has 206 valence electrons. The van der Waals surface area contributed by atoms with E-state index in [1.807, 2.05) is 0 Å². The van der Waals surface area contributed by atoms with Crippen molar-refractivity contribution in [3.63, 3.8) is 0 Å². The minimum atomic E-state index is -2.11. The fraction of sp³-hybridized carbons (Fsp3) is 0.321. The first-order chi connectivity index (χ1) is 19.0. The van der Waals surface area contributed by atoms with Crippen LogP contribution in [-0.4, -0.2) is 56.6 Å². The van der Waals surface area contributed by atoms with Gasteiger partial charge in [-0.05, 0) is 60.7 Å². The molecule has 2 aromatic carbocycles. The highest BCUT2D eigenvalue weighted by atomic mass is 35.5. The van der Waals surface area contributed by atoms with Crippen LogP contribution in [0.5, 0.6) is 5.75 Å². The number of nitrogens with zero attached hydrogens (tertiary/aromatic N) is 2. The molecule has 40 heavy (non-hydrogen) atoms. The lowest BCUT2D eigenvalue weighted by atomic mass is 9.56. The summed E-state index contributed by atoms with van der Waals surface area (Å²) in [7, 11) is 1.05. The number of amides is 5. The van der Waals surface area contributed by atoms with Gasteiger partial charge in [0, 0.05) is 5.92 Å². The first kappa shape index (κ1) is 26.5. The number of halogens is 3. The number of imide groups is 4. The summed E-state index contributed by atoms with van der Waals surface area (Å²) >= 11 is 14.4. The lowest BCUT2D eigenvalue weighted by Gasteiger charge is -2.50. The second kappa shape index (κ2) is 8.87.